The van der Waals surface area contributed by atoms with Crippen molar-refractivity contribution in [1.29, 1.82) is 0 Å². The van der Waals surface area contributed by atoms with Gasteiger partial charge >= 0.3 is 0 Å². The summed E-state index contributed by atoms with van der Waals surface area (Å²) in [5.74, 6) is 1.67. The molecule has 1 aromatic carbocycles. The van der Waals surface area contributed by atoms with Gasteiger partial charge < -0.3 is 15.4 Å². The average Bonchev–Trinajstić information content (AvgIpc) is 2.98. The quantitative estimate of drug-likeness (QED) is 0.751. The van der Waals surface area contributed by atoms with E-state index in [9.17, 15) is 4.79 Å². The van der Waals surface area contributed by atoms with Gasteiger partial charge in [-0.1, -0.05) is 6.07 Å². The van der Waals surface area contributed by atoms with E-state index < -0.39 is 0 Å². The molecule has 1 atom stereocenters. The molecule has 1 aliphatic heterocycles. The first-order valence-corrected chi connectivity index (χ1v) is 8.28. The van der Waals surface area contributed by atoms with Crippen molar-refractivity contribution >= 4 is 34.2 Å². The predicted octanol–water partition coefficient (Wildman–Crippen LogP) is 2.93. The van der Waals surface area contributed by atoms with Crippen LogP contribution in [0.2, 0.25) is 0 Å². The Balaban J connectivity index is 0.00000242. The summed E-state index contributed by atoms with van der Waals surface area (Å²) in [6.45, 7) is 3.00. The zero-order chi connectivity index (χ0) is 15.1. The third kappa shape index (κ3) is 6.15. The minimum atomic E-state index is 0. The number of methoxy groups -OCH3 is 1. The van der Waals surface area contributed by atoms with Crippen LogP contribution >= 0.6 is 28.3 Å². The number of ether oxygens (including phenoxy) is 1. The fourth-order valence-corrected chi connectivity index (χ4v) is 3.18. The third-order valence-electron chi connectivity index (χ3n) is 3.89. The van der Waals surface area contributed by atoms with Crippen molar-refractivity contribution in [2.75, 3.05) is 26.7 Å². The van der Waals surface area contributed by atoms with E-state index in [0.717, 1.165) is 54.2 Å². The molecule has 1 fully saturated rings. The molecule has 0 radical (unpaired) electrons. The zero-order valence-corrected chi connectivity index (χ0v) is 15.3. The maximum absolute atomic E-state index is 11.8. The molecule has 1 unspecified atom stereocenters. The fraction of sp³-hybridized carbons (Fsp3) is 0.562. The molecule has 22 heavy (non-hydrogen) atoms. The van der Waals surface area contributed by atoms with E-state index in [-0.39, 0.29) is 18.3 Å². The summed E-state index contributed by atoms with van der Waals surface area (Å²) in [5, 5.41) is 6.36. The molecular weight excluding hydrogens is 368 g/mol. The Morgan fingerprint density at radius 3 is 2.95 bits per heavy atom. The molecule has 124 valence electrons. The van der Waals surface area contributed by atoms with Crippen LogP contribution in [-0.2, 0) is 11.2 Å². The standard InChI is InChI=1S/C16H23BrN2O2.ClH/c1-21-15-4-2-12(10-14(15)17)3-5-16(20)19-9-7-13-6-8-18-11-13;/h2,4,10,13,18H,3,5-9,11H2,1H3,(H,19,20);1H. The number of carbonyl (C=O) groups is 1. The third-order valence-corrected chi connectivity index (χ3v) is 4.51. The fourth-order valence-electron chi connectivity index (χ4n) is 2.59. The Labute approximate surface area is 146 Å². The molecule has 0 spiro atoms. The van der Waals surface area contributed by atoms with Crippen molar-refractivity contribution in [3.8, 4) is 5.75 Å². The lowest BCUT2D eigenvalue weighted by molar-refractivity contribution is -0.121. The van der Waals surface area contributed by atoms with Gasteiger partial charge in [-0.15, -0.1) is 12.4 Å². The van der Waals surface area contributed by atoms with E-state index in [0.29, 0.717) is 6.42 Å². The van der Waals surface area contributed by atoms with Crippen LogP contribution < -0.4 is 15.4 Å². The lowest BCUT2D eigenvalue weighted by Crippen LogP contribution is -2.26. The zero-order valence-electron chi connectivity index (χ0n) is 12.9. The van der Waals surface area contributed by atoms with Gasteiger partial charge in [0.2, 0.25) is 5.91 Å². The highest BCUT2D eigenvalue weighted by molar-refractivity contribution is 9.10. The minimum absolute atomic E-state index is 0. The number of carbonyl (C=O) groups excluding carboxylic acids is 1. The van der Waals surface area contributed by atoms with Gasteiger partial charge in [0.05, 0.1) is 11.6 Å². The normalized spacial score (nSPS) is 16.9. The number of rotatable bonds is 7. The highest BCUT2D eigenvalue weighted by Crippen LogP contribution is 2.25. The first-order chi connectivity index (χ1) is 10.2. The van der Waals surface area contributed by atoms with Gasteiger partial charge in [0, 0.05) is 13.0 Å². The van der Waals surface area contributed by atoms with Crippen LogP contribution in [0.5, 0.6) is 5.75 Å². The Morgan fingerprint density at radius 1 is 1.50 bits per heavy atom. The van der Waals surface area contributed by atoms with Crippen LogP contribution in [0.4, 0.5) is 0 Å². The summed E-state index contributed by atoms with van der Waals surface area (Å²) >= 11 is 3.46. The first kappa shape index (κ1) is 19.3. The van der Waals surface area contributed by atoms with Crippen molar-refractivity contribution in [2.24, 2.45) is 5.92 Å². The molecule has 0 saturated carbocycles. The van der Waals surface area contributed by atoms with Crippen molar-refractivity contribution < 1.29 is 9.53 Å². The SMILES string of the molecule is COc1ccc(CCC(=O)NCCC2CCNC2)cc1Br.Cl. The van der Waals surface area contributed by atoms with Crippen LogP contribution in [0.15, 0.2) is 22.7 Å². The van der Waals surface area contributed by atoms with Gasteiger partial charge in [0.25, 0.3) is 0 Å². The van der Waals surface area contributed by atoms with E-state index in [4.69, 9.17) is 4.74 Å². The number of aryl methyl sites for hydroxylation is 1. The maximum Gasteiger partial charge on any atom is 0.220 e. The highest BCUT2D eigenvalue weighted by atomic mass is 79.9. The van der Waals surface area contributed by atoms with E-state index >= 15 is 0 Å². The summed E-state index contributed by atoms with van der Waals surface area (Å²) in [6.07, 6.45) is 3.59. The molecule has 1 saturated heterocycles. The van der Waals surface area contributed by atoms with Crippen molar-refractivity contribution in [2.45, 2.75) is 25.7 Å². The number of halogens is 2. The number of amides is 1. The van der Waals surface area contributed by atoms with Crippen LogP contribution in [0.3, 0.4) is 0 Å². The summed E-state index contributed by atoms with van der Waals surface area (Å²) in [6, 6.07) is 5.93. The molecule has 0 bridgehead atoms. The van der Waals surface area contributed by atoms with Crippen molar-refractivity contribution in [3.05, 3.63) is 28.2 Å². The smallest absolute Gasteiger partial charge is 0.220 e. The molecule has 1 aliphatic rings. The van der Waals surface area contributed by atoms with E-state index in [1.54, 1.807) is 7.11 Å². The van der Waals surface area contributed by atoms with Crippen molar-refractivity contribution in [3.63, 3.8) is 0 Å². The second kappa shape index (κ2) is 10.1. The van der Waals surface area contributed by atoms with E-state index in [1.807, 2.05) is 18.2 Å². The van der Waals surface area contributed by atoms with Gasteiger partial charge in [-0.05, 0) is 71.9 Å². The molecule has 1 aromatic rings. The molecule has 0 aliphatic carbocycles. The lowest BCUT2D eigenvalue weighted by atomic mass is 10.1. The lowest BCUT2D eigenvalue weighted by Gasteiger charge is -2.10. The molecular formula is C16H24BrClN2O2. The van der Waals surface area contributed by atoms with Gasteiger partial charge in [0.15, 0.2) is 0 Å². The molecule has 1 amide bonds. The maximum atomic E-state index is 11.8. The summed E-state index contributed by atoms with van der Waals surface area (Å²) in [7, 11) is 1.65. The van der Waals surface area contributed by atoms with Gasteiger partial charge in [0.1, 0.15) is 5.75 Å². The first-order valence-electron chi connectivity index (χ1n) is 7.49. The number of hydrogen-bond donors (Lipinski definition) is 2. The van der Waals surface area contributed by atoms with E-state index in [2.05, 4.69) is 26.6 Å². The van der Waals surface area contributed by atoms with Crippen LogP contribution in [0.1, 0.15) is 24.8 Å². The Hall–Kier alpha value is -0.780. The summed E-state index contributed by atoms with van der Waals surface area (Å²) < 4.78 is 6.12. The minimum Gasteiger partial charge on any atom is -0.496 e. The van der Waals surface area contributed by atoms with Gasteiger partial charge in [-0.2, -0.15) is 0 Å². The molecule has 6 heteroatoms. The second-order valence-corrected chi connectivity index (χ2v) is 6.32. The second-order valence-electron chi connectivity index (χ2n) is 5.47. The average molecular weight is 392 g/mol. The summed E-state index contributed by atoms with van der Waals surface area (Å²) in [5.41, 5.74) is 1.14. The predicted molar refractivity (Wildman–Crippen MR) is 94.9 cm³/mol. The number of nitrogens with one attached hydrogen (secondary N) is 2. The molecule has 2 rings (SSSR count). The Morgan fingerprint density at radius 2 is 2.32 bits per heavy atom. The molecule has 4 nitrogen and oxygen atoms in total. The molecule has 1 heterocycles. The topological polar surface area (TPSA) is 50.4 Å². The Bertz CT molecular complexity index is 479. The highest BCUT2D eigenvalue weighted by Gasteiger charge is 2.14. The number of hydrogen-bond acceptors (Lipinski definition) is 3. The van der Waals surface area contributed by atoms with Gasteiger partial charge in [-0.3, -0.25) is 4.79 Å². The monoisotopic (exact) mass is 390 g/mol. The largest absolute Gasteiger partial charge is 0.496 e. The molecule has 0 aromatic heterocycles. The van der Waals surface area contributed by atoms with Crippen LogP contribution in [0.25, 0.3) is 0 Å². The van der Waals surface area contributed by atoms with E-state index in [1.165, 1.54) is 6.42 Å². The summed E-state index contributed by atoms with van der Waals surface area (Å²) in [4.78, 5) is 11.8. The van der Waals surface area contributed by atoms with Gasteiger partial charge in [-0.25, -0.2) is 0 Å². The van der Waals surface area contributed by atoms with Crippen molar-refractivity contribution in [1.82, 2.24) is 10.6 Å². The molecule has 2 N–H and O–H groups in total. The van der Waals surface area contributed by atoms with Crippen LogP contribution in [0, 0.1) is 5.92 Å². The van der Waals surface area contributed by atoms with Crippen LogP contribution in [-0.4, -0.2) is 32.7 Å². The number of benzene rings is 1. The Kier molecular flexibility index (Phi) is 8.83.